The number of anilines is 1. The zero-order chi connectivity index (χ0) is 19.8. The molecule has 0 heterocycles. The van der Waals surface area contributed by atoms with E-state index in [-0.39, 0.29) is 10.6 Å². The van der Waals surface area contributed by atoms with Gasteiger partial charge in [-0.3, -0.25) is 4.79 Å². The van der Waals surface area contributed by atoms with Crippen LogP contribution in [0.1, 0.15) is 17.3 Å². The van der Waals surface area contributed by atoms with Gasteiger partial charge in [-0.1, -0.05) is 11.6 Å². The maximum Gasteiger partial charge on any atom is 0.338 e. The highest BCUT2D eigenvalue weighted by Crippen LogP contribution is 2.36. The summed E-state index contributed by atoms with van der Waals surface area (Å²) in [6, 6.07) is 10.2. The van der Waals surface area contributed by atoms with Gasteiger partial charge in [-0.15, -0.1) is 11.8 Å². The van der Waals surface area contributed by atoms with Crippen LogP contribution in [0.5, 0.6) is 11.5 Å². The highest BCUT2D eigenvalue weighted by atomic mass is 35.5. The number of esters is 1. The molecule has 0 unspecified atom stereocenters. The quantitative estimate of drug-likeness (QED) is 0.518. The second-order valence-electron chi connectivity index (χ2n) is 5.28. The lowest BCUT2D eigenvalue weighted by molar-refractivity contribution is -0.119. The van der Waals surface area contributed by atoms with Crippen LogP contribution in [0, 0.1) is 0 Å². The maximum absolute atomic E-state index is 12.2. The largest absolute Gasteiger partial charge is 0.493 e. The molecule has 0 aliphatic carbocycles. The summed E-state index contributed by atoms with van der Waals surface area (Å²) in [6.07, 6.45) is 1.97. The van der Waals surface area contributed by atoms with Crippen molar-refractivity contribution >= 4 is 40.9 Å². The van der Waals surface area contributed by atoms with Crippen LogP contribution < -0.4 is 14.8 Å². The van der Waals surface area contributed by atoms with E-state index in [4.69, 9.17) is 25.8 Å². The Kier molecular flexibility index (Phi) is 7.82. The molecule has 0 saturated carbocycles. The number of hydrogen-bond acceptors (Lipinski definition) is 6. The second kappa shape index (κ2) is 10.1. The number of methoxy groups -OCH3 is 1. The first-order chi connectivity index (χ1) is 13.0. The first-order valence-corrected chi connectivity index (χ1v) is 9.70. The first kappa shape index (κ1) is 20.9. The summed E-state index contributed by atoms with van der Waals surface area (Å²) in [5.41, 5.74) is 0.789. The van der Waals surface area contributed by atoms with Gasteiger partial charge in [-0.05, 0) is 49.6 Å². The average molecular weight is 410 g/mol. The molecule has 0 aliphatic rings. The molecule has 2 rings (SSSR count). The van der Waals surface area contributed by atoms with Crippen LogP contribution in [-0.4, -0.2) is 38.5 Å². The van der Waals surface area contributed by atoms with Crippen LogP contribution in [0.2, 0.25) is 5.02 Å². The van der Waals surface area contributed by atoms with Crippen molar-refractivity contribution in [2.24, 2.45) is 0 Å². The molecular weight excluding hydrogens is 390 g/mol. The van der Waals surface area contributed by atoms with Crippen molar-refractivity contribution in [3.8, 4) is 11.5 Å². The zero-order valence-corrected chi connectivity index (χ0v) is 16.8. The SMILES string of the molecule is CCOc1c(Cl)cc(C(=O)OCC(=O)Nc2ccc(SC)cc2)cc1OC. The van der Waals surface area contributed by atoms with E-state index < -0.39 is 18.5 Å². The smallest absolute Gasteiger partial charge is 0.338 e. The van der Waals surface area contributed by atoms with Crippen molar-refractivity contribution in [2.45, 2.75) is 11.8 Å². The Labute approximate surface area is 167 Å². The van der Waals surface area contributed by atoms with Crippen molar-refractivity contribution in [2.75, 3.05) is 31.9 Å². The molecule has 1 amide bonds. The summed E-state index contributed by atoms with van der Waals surface area (Å²) >= 11 is 7.74. The number of hydrogen-bond donors (Lipinski definition) is 1. The molecule has 0 fully saturated rings. The minimum absolute atomic E-state index is 0.164. The van der Waals surface area contributed by atoms with E-state index in [1.54, 1.807) is 23.9 Å². The van der Waals surface area contributed by atoms with Crippen molar-refractivity contribution in [1.29, 1.82) is 0 Å². The van der Waals surface area contributed by atoms with Gasteiger partial charge in [-0.2, -0.15) is 0 Å². The molecule has 8 heteroatoms. The van der Waals surface area contributed by atoms with Gasteiger partial charge in [0.15, 0.2) is 18.1 Å². The first-order valence-electron chi connectivity index (χ1n) is 8.09. The summed E-state index contributed by atoms with van der Waals surface area (Å²) in [5.74, 6) is -0.463. The van der Waals surface area contributed by atoms with E-state index in [0.717, 1.165) is 4.90 Å². The van der Waals surface area contributed by atoms with Gasteiger partial charge in [0.2, 0.25) is 0 Å². The van der Waals surface area contributed by atoms with E-state index in [9.17, 15) is 9.59 Å². The fourth-order valence-corrected chi connectivity index (χ4v) is 2.88. The Bertz CT molecular complexity index is 810. The average Bonchev–Trinajstić information content (AvgIpc) is 2.68. The second-order valence-corrected chi connectivity index (χ2v) is 6.56. The van der Waals surface area contributed by atoms with Crippen molar-refractivity contribution in [1.82, 2.24) is 0 Å². The van der Waals surface area contributed by atoms with Gasteiger partial charge in [-0.25, -0.2) is 4.79 Å². The molecule has 0 radical (unpaired) electrons. The Balaban J connectivity index is 1.98. The molecule has 6 nitrogen and oxygen atoms in total. The maximum atomic E-state index is 12.2. The van der Waals surface area contributed by atoms with E-state index in [0.29, 0.717) is 23.8 Å². The number of benzene rings is 2. The summed E-state index contributed by atoms with van der Waals surface area (Å²) in [5, 5.41) is 2.89. The summed E-state index contributed by atoms with van der Waals surface area (Å²) in [7, 11) is 1.44. The van der Waals surface area contributed by atoms with Crippen molar-refractivity contribution in [3.63, 3.8) is 0 Å². The normalized spacial score (nSPS) is 10.2. The molecule has 0 aromatic heterocycles. The number of nitrogens with one attached hydrogen (secondary N) is 1. The molecule has 0 aliphatic heterocycles. The molecule has 1 N–H and O–H groups in total. The standard InChI is InChI=1S/C19H20ClNO5S/c1-4-25-18-15(20)9-12(10-16(18)24-2)19(23)26-11-17(22)21-13-5-7-14(27-3)8-6-13/h5-10H,4,11H2,1-3H3,(H,21,22). The van der Waals surface area contributed by atoms with Gasteiger partial charge in [0, 0.05) is 10.6 Å². The van der Waals surface area contributed by atoms with Crippen LogP contribution in [0.4, 0.5) is 5.69 Å². The summed E-state index contributed by atoms with van der Waals surface area (Å²) < 4.78 is 15.6. The van der Waals surface area contributed by atoms with Crippen LogP contribution in [0.25, 0.3) is 0 Å². The lowest BCUT2D eigenvalue weighted by atomic mass is 10.2. The molecule has 0 saturated heterocycles. The fourth-order valence-electron chi connectivity index (χ4n) is 2.21. The van der Waals surface area contributed by atoms with Gasteiger partial charge in [0.1, 0.15) is 0 Å². The van der Waals surface area contributed by atoms with Gasteiger partial charge in [0.25, 0.3) is 5.91 Å². The Hall–Kier alpha value is -2.38. The molecule has 0 atom stereocenters. The number of halogens is 1. The minimum Gasteiger partial charge on any atom is -0.493 e. The fraction of sp³-hybridized carbons (Fsp3) is 0.263. The summed E-state index contributed by atoms with van der Waals surface area (Å²) in [4.78, 5) is 25.3. The Morgan fingerprint density at radius 3 is 2.48 bits per heavy atom. The van der Waals surface area contributed by atoms with Crippen molar-refractivity contribution < 1.29 is 23.8 Å². The van der Waals surface area contributed by atoms with E-state index in [1.165, 1.54) is 19.2 Å². The van der Waals surface area contributed by atoms with Crippen LogP contribution in [0.3, 0.4) is 0 Å². The number of carbonyl (C=O) groups excluding carboxylic acids is 2. The number of carbonyl (C=O) groups is 2. The zero-order valence-electron chi connectivity index (χ0n) is 15.2. The minimum atomic E-state index is -0.689. The third-order valence-corrected chi connectivity index (χ3v) is 4.49. The Morgan fingerprint density at radius 2 is 1.89 bits per heavy atom. The predicted octanol–water partition coefficient (Wildman–Crippen LogP) is 4.26. The Morgan fingerprint density at radius 1 is 1.19 bits per heavy atom. The molecule has 0 spiro atoms. The van der Waals surface area contributed by atoms with Crippen molar-refractivity contribution in [3.05, 3.63) is 47.0 Å². The van der Waals surface area contributed by atoms with E-state index >= 15 is 0 Å². The lowest BCUT2D eigenvalue weighted by Crippen LogP contribution is -2.21. The van der Waals surface area contributed by atoms with E-state index in [2.05, 4.69) is 5.32 Å². The van der Waals surface area contributed by atoms with Gasteiger partial charge >= 0.3 is 5.97 Å². The molecule has 144 valence electrons. The predicted molar refractivity (Wildman–Crippen MR) is 106 cm³/mol. The highest BCUT2D eigenvalue weighted by Gasteiger charge is 2.17. The molecule has 0 bridgehead atoms. The molecular formula is C19H20ClNO5S. The molecule has 2 aromatic rings. The summed E-state index contributed by atoms with van der Waals surface area (Å²) in [6.45, 7) is 1.79. The topological polar surface area (TPSA) is 73.9 Å². The van der Waals surface area contributed by atoms with E-state index in [1.807, 2.05) is 25.3 Å². The number of amides is 1. The highest BCUT2D eigenvalue weighted by molar-refractivity contribution is 7.98. The monoisotopic (exact) mass is 409 g/mol. The third-order valence-electron chi connectivity index (χ3n) is 3.46. The number of ether oxygens (including phenoxy) is 3. The molecule has 27 heavy (non-hydrogen) atoms. The number of thioether (sulfide) groups is 1. The third kappa shape index (κ3) is 5.80. The van der Waals surface area contributed by atoms with Gasteiger partial charge in [0.05, 0.1) is 24.3 Å². The molecule has 2 aromatic carbocycles. The van der Waals surface area contributed by atoms with Crippen LogP contribution >= 0.6 is 23.4 Å². The van der Waals surface area contributed by atoms with Crippen LogP contribution in [0.15, 0.2) is 41.3 Å². The van der Waals surface area contributed by atoms with Gasteiger partial charge < -0.3 is 19.5 Å². The lowest BCUT2D eigenvalue weighted by Gasteiger charge is -2.13. The number of rotatable bonds is 8. The van der Waals surface area contributed by atoms with Crippen LogP contribution in [-0.2, 0) is 9.53 Å².